The summed E-state index contributed by atoms with van der Waals surface area (Å²) in [6.07, 6.45) is 9.59. The van der Waals surface area contributed by atoms with Crippen molar-refractivity contribution in [1.82, 2.24) is 10.2 Å². The van der Waals surface area contributed by atoms with Crippen LogP contribution in [0.1, 0.15) is 65.7 Å². The average Bonchev–Trinajstić information content (AvgIpc) is 2.82. The molecule has 1 aliphatic rings. The van der Waals surface area contributed by atoms with Crippen molar-refractivity contribution in [2.24, 2.45) is 5.92 Å². The minimum Gasteiger partial charge on any atom is -0.315 e. The normalized spacial score (nSPS) is 22.5. The third-order valence-corrected chi connectivity index (χ3v) is 4.34. The van der Waals surface area contributed by atoms with Gasteiger partial charge in [0.05, 0.1) is 0 Å². The highest BCUT2D eigenvalue weighted by molar-refractivity contribution is 4.82. The molecule has 1 heterocycles. The summed E-state index contributed by atoms with van der Waals surface area (Å²) in [6, 6.07) is 0.812. The number of nitrogens with zero attached hydrogens (tertiary/aromatic N) is 1. The Labute approximate surface area is 115 Å². The van der Waals surface area contributed by atoms with Crippen LogP contribution in [0.3, 0.4) is 0 Å². The molecule has 2 nitrogen and oxygen atoms in total. The molecule has 1 rings (SSSR count). The quantitative estimate of drug-likeness (QED) is 0.598. The second-order valence-electron chi connectivity index (χ2n) is 5.91. The summed E-state index contributed by atoms with van der Waals surface area (Å²) in [5.74, 6) is 0.928. The van der Waals surface area contributed by atoms with E-state index in [9.17, 15) is 0 Å². The van der Waals surface area contributed by atoms with E-state index in [0.717, 1.165) is 12.0 Å². The Bertz CT molecular complexity index is 194. The predicted octanol–water partition coefficient (Wildman–Crippen LogP) is 3.67. The van der Waals surface area contributed by atoms with Gasteiger partial charge in [0, 0.05) is 19.1 Å². The van der Waals surface area contributed by atoms with E-state index in [0.29, 0.717) is 0 Å². The molecule has 0 radical (unpaired) electrons. The lowest BCUT2D eigenvalue weighted by atomic mass is 9.98. The second kappa shape index (κ2) is 9.80. The Morgan fingerprint density at radius 2 is 2.06 bits per heavy atom. The first-order valence-corrected chi connectivity index (χ1v) is 8.26. The zero-order chi connectivity index (χ0) is 13.2. The average molecular weight is 254 g/mol. The van der Waals surface area contributed by atoms with E-state index >= 15 is 0 Å². The van der Waals surface area contributed by atoms with Gasteiger partial charge in [-0.05, 0) is 44.7 Å². The Balaban J connectivity index is 2.28. The molecule has 108 valence electrons. The van der Waals surface area contributed by atoms with E-state index in [1.807, 2.05) is 0 Å². The van der Waals surface area contributed by atoms with Crippen LogP contribution in [0.25, 0.3) is 0 Å². The molecule has 0 aliphatic carbocycles. The largest absolute Gasteiger partial charge is 0.315 e. The van der Waals surface area contributed by atoms with Crippen molar-refractivity contribution >= 4 is 0 Å². The van der Waals surface area contributed by atoms with Crippen molar-refractivity contribution in [3.8, 4) is 0 Å². The first-order valence-electron chi connectivity index (χ1n) is 8.26. The van der Waals surface area contributed by atoms with Gasteiger partial charge in [-0.3, -0.25) is 4.90 Å². The molecule has 0 amide bonds. The number of hydrogen-bond donors (Lipinski definition) is 1. The summed E-state index contributed by atoms with van der Waals surface area (Å²) < 4.78 is 0. The lowest BCUT2D eigenvalue weighted by Gasteiger charge is -2.28. The summed E-state index contributed by atoms with van der Waals surface area (Å²) in [5.41, 5.74) is 0. The maximum atomic E-state index is 3.60. The maximum Gasteiger partial charge on any atom is 0.0221 e. The summed E-state index contributed by atoms with van der Waals surface area (Å²) in [5, 5.41) is 3.60. The Kier molecular flexibility index (Phi) is 8.70. The first kappa shape index (κ1) is 16.0. The molecule has 1 N–H and O–H groups in total. The first-order chi connectivity index (χ1) is 8.81. The van der Waals surface area contributed by atoms with E-state index in [4.69, 9.17) is 0 Å². The lowest BCUT2D eigenvalue weighted by molar-refractivity contribution is 0.200. The molecule has 0 aromatic carbocycles. The Hall–Kier alpha value is -0.0800. The topological polar surface area (TPSA) is 15.3 Å². The summed E-state index contributed by atoms with van der Waals surface area (Å²) in [7, 11) is 0. The minimum absolute atomic E-state index is 0.812. The van der Waals surface area contributed by atoms with Crippen LogP contribution in [0.5, 0.6) is 0 Å². The highest BCUT2D eigenvalue weighted by Crippen LogP contribution is 2.21. The molecule has 18 heavy (non-hydrogen) atoms. The number of nitrogens with one attached hydrogen (secondary N) is 1. The van der Waals surface area contributed by atoms with Crippen molar-refractivity contribution in [2.75, 3.05) is 26.2 Å². The van der Waals surface area contributed by atoms with Crippen LogP contribution >= 0.6 is 0 Å². The molecular weight excluding hydrogens is 220 g/mol. The van der Waals surface area contributed by atoms with Crippen LogP contribution in [0.15, 0.2) is 0 Å². The number of hydrogen-bond acceptors (Lipinski definition) is 2. The van der Waals surface area contributed by atoms with E-state index in [-0.39, 0.29) is 0 Å². The molecule has 2 heteroatoms. The summed E-state index contributed by atoms with van der Waals surface area (Å²) in [6.45, 7) is 12.0. The van der Waals surface area contributed by atoms with Crippen LogP contribution in [-0.4, -0.2) is 37.1 Å². The molecule has 2 unspecified atom stereocenters. The molecule has 1 aliphatic heterocycles. The molecule has 0 spiro atoms. The standard InChI is InChI=1S/C16H34N2/c1-4-7-9-15(6-3)14-18-12-8-10-16(18)13-17-11-5-2/h15-17H,4-14H2,1-3H3. The zero-order valence-electron chi connectivity index (χ0n) is 12.9. The van der Waals surface area contributed by atoms with Crippen LogP contribution in [-0.2, 0) is 0 Å². The summed E-state index contributed by atoms with van der Waals surface area (Å²) in [4.78, 5) is 2.76. The number of likely N-dealkylation sites (tertiary alicyclic amines) is 1. The van der Waals surface area contributed by atoms with Gasteiger partial charge in [-0.2, -0.15) is 0 Å². The van der Waals surface area contributed by atoms with Crippen LogP contribution < -0.4 is 5.32 Å². The Morgan fingerprint density at radius 3 is 2.72 bits per heavy atom. The van der Waals surface area contributed by atoms with Gasteiger partial charge in [-0.25, -0.2) is 0 Å². The summed E-state index contributed by atoms with van der Waals surface area (Å²) >= 11 is 0. The van der Waals surface area contributed by atoms with E-state index in [1.165, 1.54) is 71.1 Å². The second-order valence-corrected chi connectivity index (χ2v) is 5.91. The fourth-order valence-corrected chi connectivity index (χ4v) is 3.06. The fourth-order valence-electron chi connectivity index (χ4n) is 3.06. The van der Waals surface area contributed by atoms with Gasteiger partial charge in [-0.1, -0.05) is 40.0 Å². The van der Waals surface area contributed by atoms with Gasteiger partial charge < -0.3 is 5.32 Å². The molecule has 0 aromatic rings. The monoisotopic (exact) mass is 254 g/mol. The van der Waals surface area contributed by atoms with Gasteiger partial charge in [0.15, 0.2) is 0 Å². The molecule has 0 bridgehead atoms. The fraction of sp³-hybridized carbons (Fsp3) is 1.00. The van der Waals surface area contributed by atoms with E-state index in [2.05, 4.69) is 31.0 Å². The number of unbranched alkanes of at least 4 members (excludes halogenated alkanes) is 1. The van der Waals surface area contributed by atoms with Crippen LogP contribution in [0, 0.1) is 5.92 Å². The third-order valence-electron chi connectivity index (χ3n) is 4.34. The predicted molar refractivity (Wildman–Crippen MR) is 81.1 cm³/mol. The van der Waals surface area contributed by atoms with Crippen molar-refractivity contribution in [1.29, 1.82) is 0 Å². The third kappa shape index (κ3) is 5.71. The van der Waals surface area contributed by atoms with Gasteiger partial charge in [0.2, 0.25) is 0 Å². The van der Waals surface area contributed by atoms with Gasteiger partial charge in [0.25, 0.3) is 0 Å². The molecular formula is C16H34N2. The minimum atomic E-state index is 0.812. The van der Waals surface area contributed by atoms with E-state index < -0.39 is 0 Å². The molecule has 1 saturated heterocycles. The van der Waals surface area contributed by atoms with Crippen LogP contribution in [0.4, 0.5) is 0 Å². The number of rotatable bonds is 10. The molecule has 2 atom stereocenters. The molecule has 1 fully saturated rings. The van der Waals surface area contributed by atoms with Crippen LogP contribution in [0.2, 0.25) is 0 Å². The Morgan fingerprint density at radius 1 is 1.22 bits per heavy atom. The maximum absolute atomic E-state index is 3.60. The van der Waals surface area contributed by atoms with Gasteiger partial charge in [-0.15, -0.1) is 0 Å². The van der Waals surface area contributed by atoms with Crippen molar-refractivity contribution in [2.45, 2.75) is 71.8 Å². The SMILES string of the molecule is CCCCC(CC)CN1CCCC1CNCCC. The zero-order valence-corrected chi connectivity index (χ0v) is 12.9. The van der Waals surface area contributed by atoms with Gasteiger partial charge in [0.1, 0.15) is 0 Å². The highest BCUT2D eigenvalue weighted by atomic mass is 15.2. The smallest absolute Gasteiger partial charge is 0.0221 e. The van der Waals surface area contributed by atoms with E-state index in [1.54, 1.807) is 0 Å². The van der Waals surface area contributed by atoms with Gasteiger partial charge >= 0.3 is 0 Å². The molecule has 0 aromatic heterocycles. The van der Waals surface area contributed by atoms with Crippen molar-refractivity contribution in [3.63, 3.8) is 0 Å². The van der Waals surface area contributed by atoms with Crippen molar-refractivity contribution in [3.05, 3.63) is 0 Å². The molecule has 0 saturated carbocycles. The highest BCUT2D eigenvalue weighted by Gasteiger charge is 2.25. The van der Waals surface area contributed by atoms with Crippen molar-refractivity contribution < 1.29 is 0 Å². The lowest BCUT2D eigenvalue weighted by Crippen LogP contribution is -2.40.